The van der Waals surface area contributed by atoms with E-state index in [0.717, 1.165) is 30.8 Å². The number of hydrogen-bond donors (Lipinski definition) is 0. The van der Waals surface area contributed by atoms with Crippen molar-refractivity contribution in [1.29, 1.82) is 0 Å². The van der Waals surface area contributed by atoms with E-state index >= 15 is 0 Å². The van der Waals surface area contributed by atoms with Crippen LogP contribution in [0, 0.1) is 0 Å². The number of rotatable bonds is 3. The molecule has 7 heteroatoms. The first-order chi connectivity index (χ1) is 8.95. The fourth-order valence-corrected chi connectivity index (χ4v) is 3.29. The van der Waals surface area contributed by atoms with Crippen LogP contribution in [-0.2, 0) is 22.9 Å². The Labute approximate surface area is 113 Å². The largest absolute Gasteiger partial charge is 0.352 e. The Bertz CT molecular complexity index is 596. The molecule has 0 unspecified atom stereocenters. The molecule has 1 aromatic heterocycles. The highest BCUT2D eigenvalue weighted by Gasteiger charge is 2.35. The smallest absolute Gasteiger partial charge is 0.211 e. The lowest BCUT2D eigenvalue weighted by Gasteiger charge is -2.43. The van der Waals surface area contributed by atoms with Crippen molar-refractivity contribution in [3.63, 3.8) is 0 Å². The van der Waals surface area contributed by atoms with Crippen LogP contribution < -0.4 is 4.90 Å². The van der Waals surface area contributed by atoms with Crippen LogP contribution in [0.25, 0.3) is 0 Å². The molecule has 0 N–H and O–H groups in total. The molecule has 1 aliphatic heterocycles. The van der Waals surface area contributed by atoms with Crippen molar-refractivity contribution in [3.05, 3.63) is 17.3 Å². The number of likely N-dealkylation sites (N-methyl/N-ethyl adjacent to an activating group) is 1. The van der Waals surface area contributed by atoms with Gasteiger partial charge in [-0.25, -0.2) is 8.42 Å². The Balaban J connectivity index is 1.68. The normalized spacial score (nSPS) is 19.6. The highest BCUT2D eigenvalue weighted by atomic mass is 32.2. The molecular weight excluding hydrogens is 264 g/mol. The second kappa shape index (κ2) is 4.42. The summed E-state index contributed by atoms with van der Waals surface area (Å²) in [5, 5.41) is 8.49. The molecule has 104 valence electrons. The maximum atomic E-state index is 11.4. The van der Waals surface area contributed by atoms with Crippen LogP contribution in [0.5, 0.6) is 0 Å². The molecule has 1 aliphatic carbocycles. The van der Waals surface area contributed by atoms with Gasteiger partial charge < -0.3 is 4.90 Å². The predicted octanol–water partition coefficient (Wildman–Crippen LogP) is 0.0453. The van der Waals surface area contributed by atoms with Crippen LogP contribution in [0.4, 0.5) is 5.82 Å². The SMILES string of the molecule is CN(C1CN(c2cc3c(nn2)CCC3)C1)S(C)(=O)=O. The lowest BCUT2D eigenvalue weighted by molar-refractivity contribution is 0.311. The van der Waals surface area contributed by atoms with E-state index in [1.54, 1.807) is 7.05 Å². The highest BCUT2D eigenvalue weighted by molar-refractivity contribution is 7.88. The van der Waals surface area contributed by atoms with Crippen molar-refractivity contribution < 1.29 is 8.42 Å². The Morgan fingerprint density at radius 1 is 1.32 bits per heavy atom. The van der Waals surface area contributed by atoms with E-state index in [1.165, 1.54) is 16.1 Å². The van der Waals surface area contributed by atoms with E-state index in [4.69, 9.17) is 0 Å². The van der Waals surface area contributed by atoms with Gasteiger partial charge in [0, 0.05) is 20.1 Å². The molecule has 2 aliphatic rings. The maximum absolute atomic E-state index is 11.4. The molecule has 0 aromatic carbocycles. The summed E-state index contributed by atoms with van der Waals surface area (Å²) < 4.78 is 24.3. The quantitative estimate of drug-likeness (QED) is 0.783. The van der Waals surface area contributed by atoms with E-state index < -0.39 is 10.0 Å². The van der Waals surface area contributed by atoms with E-state index in [0.29, 0.717) is 13.1 Å². The minimum absolute atomic E-state index is 0.0463. The van der Waals surface area contributed by atoms with Crippen molar-refractivity contribution in [2.24, 2.45) is 0 Å². The zero-order chi connectivity index (χ0) is 13.6. The van der Waals surface area contributed by atoms with Crippen molar-refractivity contribution in [2.75, 3.05) is 31.3 Å². The lowest BCUT2D eigenvalue weighted by atomic mass is 10.1. The molecule has 1 aromatic rings. The lowest BCUT2D eigenvalue weighted by Crippen LogP contribution is -2.59. The van der Waals surface area contributed by atoms with Gasteiger partial charge in [-0.2, -0.15) is 9.40 Å². The topological polar surface area (TPSA) is 66.4 Å². The first kappa shape index (κ1) is 12.8. The Hall–Kier alpha value is -1.21. The standard InChI is InChI=1S/C12H18N4O2S/c1-15(19(2,17)18)10-7-16(8-10)12-6-9-4-3-5-11(9)13-14-12/h6,10H,3-5,7-8H2,1-2H3. The van der Waals surface area contributed by atoms with Crippen molar-refractivity contribution in [3.8, 4) is 0 Å². The van der Waals surface area contributed by atoms with Crippen LogP contribution in [0.2, 0.25) is 0 Å². The fourth-order valence-electron chi connectivity index (χ4n) is 2.61. The molecule has 19 heavy (non-hydrogen) atoms. The third-order valence-corrected chi connectivity index (χ3v) is 5.37. The summed E-state index contributed by atoms with van der Waals surface area (Å²) >= 11 is 0. The fraction of sp³-hybridized carbons (Fsp3) is 0.667. The summed E-state index contributed by atoms with van der Waals surface area (Å²) in [4.78, 5) is 2.08. The van der Waals surface area contributed by atoms with Crippen LogP contribution in [0.3, 0.4) is 0 Å². The van der Waals surface area contributed by atoms with Crippen molar-refractivity contribution in [2.45, 2.75) is 25.3 Å². The predicted molar refractivity (Wildman–Crippen MR) is 72.7 cm³/mol. The van der Waals surface area contributed by atoms with E-state index in [2.05, 4.69) is 21.2 Å². The molecule has 1 fully saturated rings. The third-order valence-electron chi connectivity index (χ3n) is 4.03. The number of fused-ring (bicyclic) bond motifs is 1. The van der Waals surface area contributed by atoms with Crippen molar-refractivity contribution >= 4 is 15.8 Å². The highest BCUT2D eigenvalue weighted by Crippen LogP contribution is 2.26. The monoisotopic (exact) mass is 282 g/mol. The van der Waals surface area contributed by atoms with Gasteiger partial charge in [-0.1, -0.05) is 0 Å². The summed E-state index contributed by atoms with van der Waals surface area (Å²) in [6.45, 7) is 1.38. The van der Waals surface area contributed by atoms with Crippen LogP contribution in [-0.4, -0.2) is 55.4 Å². The molecule has 1 saturated heterocycles. The first-order valence-corrected chi connectivity index (χ1v) is 8.33. The number of aromatic nitrogens is 2. The molecule has 0 bridgehead atoms. The van der Waals surface area contributed by atoms with Gasteiger partial charge >= 0.3 is 0 Å². The summed E-state index contributed by atoms with van der Waals surface area (Å²) in [5.41, 5.74) is 2.42. The van der Waals surface area contributed by atoms with Crippen molar-refractivity contribution in [1.82, 2.24) is 14.5 Å². The number of nitrogens with zero attached hydrogens (tertiary/aromatic N) is 4. The minimum Gasteiger partial charge on any atom is -0.352 e. The zero-order valence-corrected chi connectivity index (χ0v) is 12.0. The average molecular weight is 282 g/mol. The average Bonchev–Trinajstić information content (AvgIpc) is 2.72. The Kier molecular flexibility index (Phi) is 2.98. The number of hydrogen-bond acceptors (Lipinski definition) is 5. The number of aryl methyl sites for hydroxylation is 2. The number of anilines is 1. The summed E-state index contributed by atoms with van der Waals surface area (Å²) in [6.07, 6.45) is 4.51. The second-order valence-corrected chi connectivity index (χ2v) is 7.41. The van der Waals surface area contributed by atoms with E-state index in [1.807, 2.05) is 0 Å². The summed E-state index contributed by atoms with van der Waals surface area (Å²) in [5.74, 6) is 0.874. The van der Waals surface area contributed by atoms with Gasteiger partial charge in [0.25, 0.3) is 0 Å². The van der Waals surface area contributed by atoms with Crippen LogP contribution in [0.1, 0.15) is 17.7 Å². The molecule has 0 atom stereocenters. The van der Waals surface area contributed by atoms with Gasteiger partial charge in [0.2, 0.25) is 10.0 Å². The zero-order valence-electron chi connectivity index (χ0n) is 11.2. The molecule has 0 spiro atoms. The Morgan fingerprint density at radius 2 is 2.05 bits per heavy atom. The van der Waals surface area contributed by atoms with E-state index in [9.17, 15) is 8.42 Å². The van der Waals surface area contributed by atoms with Crippen LogP contribution >= 0.6 is 0 Å². The minimum atomic E-state index is -3.11. The van der Waals surface area contributed by atoms with Gasteiger partial charge in [-0.05, 0) is 30.9 Å². The molecule has 0 saturated carbocycles. The van der Waals surface area contributed by atoms with Gasteiger partial charge in [0.15, 0.2) is 5.82 Å². The number of sulfonamides is 1. The molecule has 0 radical (unpaired) electrons. The maximum Gasteiger partial charge on any atom is 0.211 e. The summed E-state index contributed by atoms with van der Waals surface area (Å²) in [6, 6.07) is 2.15. The Morgan fingerprint density at radius 3 is 2.74 bits per heavy atom. The molecule has 6 nitrogen and oxygen atoms in total. The van der Waals surface area contributed by atoms with E-state index in [-0.39, 0.29) is 6.04 Å². The third kappa shape index (κ3) is 2.32. The van der Waals surface area contributed by atoms with Crippen LogP contribution in [0.15, 0.2) is 6.07 Å². The van der Waals surface area contributed by atoms with Gasteiger partial charge in [0.05, 0.1) is 18.0 Å². The molecule has 2 heterocycles. The molecule has 3 rings (SSSR count). The molecule has 0 amide bonds. The first-order valence-electron chi connectivity index (χ1n) is 6.48. The molecular formula is C12H18N4O2S. The second-order valence-electron chi connectivity index (χ2n) is 5.37. The summed E-state index contributed by atoms with van der Waals surface area (Å²) in [7, 11) is -1.48. The van der Waals surface area contributed by atoms with Gasteiger partial charge in [-0.3, -0.25) is 0 Å². The van der Waals surface area contributed by atoms with Gasteiger partial charge in [0.1, 0.15) is 0 Å². The van der Waals surface area contributed by atoms with Gasteiger partial charge in [-0.15, -0.1) is 5.10 Å².